The Kier molecular flexibility index (Phi) is 6.66. The van der Waals surface area contributed by atoms with Crippen LogP contribution in [0.15, 0.2) is 10.1 Å². The van der Waals surface area contributed by atoms with Crippen molar-refractivity contribution >= 4 is 28.6 Å². The molecule has 166 valence electrons. The van der Waals surface area contributed by atoms with Gasteiger partial charge < -0.3 is 0 Å². The van der Waals surface area contributed by atoms with Crippen LogP contribution in [0.1, 0.15) is 105 Å². The molecule has 29 heavy (non-hydrogen) atoms. The van der Waals surface area contributed by atoms with Crippen molar-refractivity contribution in [2.45, 2.75) is 110 Å². The maximum Gasteiger partial charge on any atom is 0.0333 e. The minimum Gasteiger partial charge on any atom is -0.171 e. The molecule has 0 spiro atoms. The average molecular weight is 482 g/mol. The van der Waals surface area contributed by atoms with Gasteiger partial charge in [0.25, 0.3) is 0 Å². The molecule has 4 aliphatic carbocycles. The summed E-state index contributed by atoms with van der Waals surface area (Å²) in [5.41, 5.74) is 2.82. The van der Waals surface area contributed by atoms with E-state index < -0.39 is 0 Å². The van der Waals surface area contributed by atoms with E-state index in [1.54, 1.807) is 5.57 Å². The van der Waals surface area contributed by atoms with Crippen molar-refractivity contribution in [3.8, 4) is 0 Å². The number of halogens is 1. The van der Waals surface area contributed by atoms with Gasteiger partial charge in [-0.1, -0.05) is 75.4 Å². The smallest absolute Gasteiger partial charge is 0.0333 e. The van der Waals surface area contributed by atoms with Crippen molar-refractivity contribution in [1.82, 2.24) is 0 Å². The molecule has 3 fully saturated rings. The highest BCUT2D eigenvalue weighted by Gasteiger charge is 2.59. The van der Waals surface area contributed by atoms with Crippen LogP contribution in [0, 0.1) is 46.3 Å². The highest BCUT2D eigenvalue weighted by Crippen LogP contribution is 2.68. The molecule has 0 unspecified atom stereocenters. The fourth-order valence-electron chi connectivity index (χ4n) is 8.82. The molecular formula is C27H45BrS. The molecule has 0 nitrogen and oxygen atoms in total. The first-order valence-electron chi connectivity index (χ1n) is 12.8. The number of hydrogen-bond donors (Lipinski definition) is 1. The molecule has 0 aromatic heterocycles. The summed E-state index contributed by atoms with van der Waals surface area (Å²) in [6.45, 7) is 12.7. The van der Waals surface area contributed by atoms with E-state index in [2.05, 4.69) is 50.5 Å². The molecule has 4 aliphatic rings. The summed E-state index contributed by atoms with van der Waals surface area (Å²) in [6.07, 6.45) is 15.7. The summed E-state index contributed by atoms with van der Waals surface area (Å²) in [5, 5.41) is 0.450. The molecule has 0 N–H and O–H groups in total. The molecule has 4 rings (SSSR count). The van der Waals surface area contributed by atoms with Crippen LogP contribution in [0.3, 0.4) is 0 Å². The first kappa shape index (κ1) is 22.8. The van der Waals surface area contributed by atoms with Gasteiger partial charge in [-0.05, 0) is 97.7 Å². The summed E-state index contributed by atoms with van der Waals surface area (Å²) in [4.78, 5) is 0. The van der Waals surface area contributed by atoms with Crippen LogP contribution in [0.25, 0.3) is 0 Å². The van der Waals surface area contributed by atoms with Crippen LogP contribution in [0.4, 0.5) is 0 Å². The quantitative estimate of drug-likeness (QED) is 0.372. The predicted molar refractivity (Wildman–Crippen MR) is 134 cm³/mol. The molecule has 0 heterocycles. The third kappa shape index (κ3) is 3.83. The van der Waals surface area contributed by atoms with Crippen LogP contribution < -0.4 is 0 Å². The Labute approximate surface area is 195 Å². The van der Waals surface area contributed by atoms with E-state index in [0.29, 0.717) is 16.1 Å². The van der Waals surface area contributed by atoms with Crippen LogP contribution >= 0.6 is 28.6 Å². The van der Waals surface area contributed by atoms with Crippen molar-refractivity contribution in [2.24, 2.45) is 46.3 Å². The van der Waals surface area contributed by atoms with Gasteiger partial charge in [-0.2, -0.15) is 12.6 Å². The van der Waals surface area contributed by atoms with Gasteiger partial charge in [-0.25, -0.2) is 0 Å². The molecule has 2 heteroatoms. The Morgan fingerprint density at radius 1 is 0.966 bits per heavy atom. The Bertz CT molecular complexity index is 638. The second-order valence-corrected chi connectivity index (χ2v) is 13.7. The molecule has 0 aromatic rings. The van der Waals surface area contributed by atoms with Crippen molar-refractivity contribution in [3.05, 3.63) is 10.1 Å². The van der Waals surface area contributed by atoms with E-state index in [1.807, 2.05) is 0 Å². The minimum absolute atomic E-state index is 0.448. The number of rotatable bonds is 5. The first-order chi connectivity index (χ1) is 13.7. The van der Waals surface area contributed by atoms with Gasteiger partial charge in [0.2, 0.25) is 0 Å². The van der Waals surface area contributed by atoms with Gasteiger partial charge in [0.15, 0.2) is 0 Å². The Morgan fingerprint density at radius 2 is 1.72 bits per heavy atom. The summed E-state index contributed by atoms with van der Waals surface area (Å²) < 4.78 is 1.46. The van der Waals surface area contributed by atoms with E-state index in [1.165, 1.54) is 75.1 Å². The zero-order chi connectivity index (χ0) is 21.0. The standard InChI is InChI=1S/C27H45BrS/c1-17(2)7-6-8-18(3)20-11-12-21-19-9-10-23-25(28)24(29)14-16-27(23,5)22(19)13-15-26(20,21)4/h17-22,24,29H,6-16H2,1-5H3/t18-,19+,20-,21+,22+,24-,26-,27-/m1/s1. The van der Waals surface area contributed by atoms with Gasteiger partial charge in [-0.3, -0.25) is 0 Å². The average Bonchev–Trinajstić information content (AvgIpc) is 3.02. The van der Waals surface area contributed by atoms with Crippen molar-refractivity contribution in [1.29, 1.82) is 0 Å². The second-order valence-electron chi connectivity index (χ2n) is 12.2. The van der Waals surface area contributed by atoms with Crippen molar-refractivity contribution in [2.75, 3.05) is 0 Å². The first-order valence-corrected chi connectivity index (χ1v) is 14.1. The second kappa shape index (κ2) is 8.49. The van der Waals surface area contributed by atoms with Crippen LogP contribution in [0.5, 0.6) is 0 Å². The summed E-state index contributed by atoms with van der Waals surface area (Å²) in [6, 6.07) is 0. The van der Waals surface area contributed by atoms with E-state index in [4.69, 9.17) is 12.6 Å². The molecule has 0 amide bonds. The molecular weight excluding hydrogens is 436 g/mol. The van der Waals surface area contributed by atoms with Crippen molar-refractivity contribution in [3.63, 3.8) is 0 Å². The van der Waals surface area contributed by atoms with E-state index in [-0.39, 0.29) is 0 Å². The van der Waals surface area contributed by atoms with Gasteiger partial charge in [0, 0.05) is 9.73 Å². The maximum absolute atomic E-state index is 4.87. The van der Waals surface area contributed by atoms with Crippen LogP contribution in [-0.2, 0) is 0 Å². The lowest BCUT2D eigenvalue weighted by Crippen LogP contribution is -2.51. The summed E-state index contributed by atoms with van der Waals surface area (Å²) >= 11 is 8.85. The van der Waals surface area contributed by atoms with Gasteiger partial charge >= 0.3 is 0 Å². The normalized spacial score (nSPS) is 45.7. The minimum atomic E-state index is 0.448. The zero-order valence-electron chi connectivity index (χ0n) is 19.6. The SMILES string of the molecule is CC(C)CCC[C@@H](C)[C@H]1CC[C@H]2[C@@H]3CCC4=C(Br)[C@H](S)CC[C@]4(C)[C@H]3CC[C@]12C. The number of thiol groups is 1. The molecule has 0 aliphatic heterocycles. The molecule has 3 saturated carbocycles. The van der Waals surface area contributed by atoms with E-state index in [0.717, 1.165) is 35.5 Å². The fourth-order valence-corrected chi connectivity index (χ4v) is 9.98. The maximum atomic E-state index is 4.87. The molecule has 0 aromatic carbocycles. The van der Waals surface area contributed by atoms with Crippen LogP contribution in [-0.4, -0.2) is 5.25 Å². The Morgan fingerprint density at radius 3 is 2.45 bits per heavy atom. The lowest BCUT2D eigenvalue weighted by atomic mass is 9.46. The monoisotopic (exact) mass is 480 g/mol. The summed E-state index contributed by atoms with van der Waals surface area (Å²) in [7, 11) is 0. The zero-order valence-corrected chi connectivity index (χ0v) is 22.1. The Hall–Kier alpha value is 0.570. The largest absolute Gasteiger partial charge is 0.171 e. The topological polar surface area (TPSA) is 0 Å². The lowest BCUT2D eigenvalue weighted by molar-refractivity contribution is -0.0592. The lowest BCUT2D eigenvalue weighted by Gasteiger charge is -2.59. The van der Waals surface area contributed by atoms with Gasteiger partial charge in [-0.15, -0.1) is 0 Å². The van der Waals surface area contributed by atoms with Gasteiger partial charge in [0.1, 0.15) is 0 Å². The van der Waals surface area contributed by atoms with Crippen molar-refractivity contribution < 1.29 is 0 Å². The van der Waals surface area contributed by atoms with Gasteiger partial charge in [0.05, 0.1) is 0 Å². The molecule has 0 radical (unpaired) electrons. The number of allylic oxidation sites excluding steroid dienone is 1. The predicted octanol–water partition coefficient (Wildman–Crippen LogP) is 9.05. The van der Waals surface area contributed by atoms with Crippen LogP contribution in [0.2, 0.25) is 0 Å². The third-order valence-corrected chi connectivity index (χ3v) is 12.3. The molecule has 8 atom stereocenters. The number of fused-ring (bicyclic) bond motifs is 5. The molecule has 0 saturated heterocycles. The Balaban J connectivity index is 1.51. The number of hydrogen-bond acceptors (Lipinski definition) is 1. The van der Waals surface area contributed by atoms with E-state index >= 15 is 0 Å². The fraction of sp³-hybridized carbons (Fsp3) is 0.926. The highest BCUT2D eigenvalue weighted by atomic mass is 79.9. The third-order valence-electron chi connectivity index (χ3n) is 10.4. The van der Waals surface area contributed by atoms with E-state index in [9.17, 15) is 0 Å². The summed E-state index contributed by atoms with van der Waals surface area (Å²) in [5.74, 6) is 5.65. The highest BCUT2D eigenvalue weighted by molar-refractivity contribution is 9.11. The molecule has 0 bridgehead atoms.